The zero-order valence-electron chi connectivity index (χ0n) is 15.6. The number of fused-ring (bicyclic) bond motifs is 5. The number of anilines is 2. The summed E-state index contributed by atoms with van der Waals surface area (Å²) < 4.78 is 0. The van der Waals surface area contributed by atoms with Gasteiger partial charge in [-0.05, 0) is 36.0 Å². The minimum Gasteiger partial charge on any atom is -0.398 e. The first-order valence-corrected chi connectivity index (χ1v) is 9.45. The van der Waals surface area contributed by atoms with E-state index in [1.54, 1.807) is 35.2 Å². The normalized spacial score (nSPS) is 18.3. The molecule has 1 aliphatic carbocycles. The maximum absolute atomic E-state index is 11.6. The van der Waals surface area contributed by atoms with Crippen molar-refractivity contribution >= 4 is 40.1 Å². The Morgan fingerprint density at radius 1 is 0.935 bits per heavy atom. The van der Waals surface area contributed by atoms with Crippen LogP contribution in [0.1, 0.15) is 11.1 Å². The molecule has 31 heavy (non-hydrogen) atoms. The summed E-state index contributed by atoms with van der Waals surface area (Å²) >= 11 is 5.46. The number of nitrogen functional groups attached to an aromatic ring is 1. The second kappa shape index (κ2) is 6.37. The van der Waals surface area contributed by atoms with Crippen LogP contribution in [0.25, 0.3) is 11.1 Å². The molecule has 5 rings (SSSR count). The molecule has 0 saturated heterocycles. The Morgan fingerprint density at radius 2 is 1.61 bits per heavy atom. The summed E-state index contributed by atoms with van der Waals surface area (Å²) in [5.74, 6) is 0. The molecule has 2 N–H and O–H groups in total. The molecule has 2 aliphatic rings. The summed E-state index contributed by atoms with van der Waals surface area (Å²) in [7, 11) is 0. The van der Waals surface area contributed by atoms with Crippen LogP contribution < -0.4 is 10.6 Å². The average molecular weight is 432 g/mol. The maximum Gasteiger partial charge on any atom is 0.271 e. The number of azo groups is 1. The highest BCUT2D eigenvalue weighted by molar-refractivity contribution is 7.80. The molecule has 1 heterocycles. The number of hydrogen-bond donors (Lipinski definition) is 1. The van der Waals surface area contributed by atoms with Crippen LogP contribution in [0.2, 0.25) is 0 Å². The lowest BCUT2D eigenvalue weighted by atomic mass is 9.94. The van der Waals surface area contributed by atoms with E-state index in [4.69, 9.17) is 18.0 Å². The first-order chi connectivity index (χ1) is 14.8. The summed E-state index contributed by atoms with van der Waals surface area (Å²) in [6.45, 7) is 0. The molecule has 0 fully saturated rings. The molecule has 3 aromatic rings. The van der Waals surface area contributed by atoms with Gasteiger partial charge in [-0.2, -0.15) is 0 Å². The number of benzene rings is 3. The zero-order chi connectivity index (χ0) is 21.9. The van der Waals surface area contributed by atoms with Gasteiger partial charge in [0.1, 0.15) is 0 Å². The van der Waals surface area contributed by atoms with E-state index in [0.29, 0.717) is 27.9 Å². The number of nitro benzene ring substituents is 2. The van der Waals surface area contributed by atoms with Gasteiger partial charge >= 0.3 is 0 Å². The molecule has 1 atom stereocenters. The Hall–Kier alpha value is -4.25. The third-order valence-electron chi connectivity index (χ3n) is 5.41. The van der Waals surface area contributed by atoms with E-state index >= 15 is 0 Å². The van der Waals surface area contributed by atoms with Crippen molar-refractivity contribution in [3.63, 3.8) is 0 Å². The Balaban J connectivity index is 1.91. The van der Waals surface area contributed by atoms with Crippen LogP contribution in [0.3, 0.4) is 0 Å². The van der Waals surface area contributed by atoms with Crippen LogP contribution in [0.15, 0.2) is 70.9 Å². The van der Waals surface area contributed by atoms with Gasteiger partial charge in [0.2, 0.25) is 10.8 Å². The molecule has 1 spiro atoms. The van der Waals surface area contributed by atoms with Crippen molar-refractivity contribution in [3.05, 3.63) is 92.0 Å². The van der Waals surface area contributed by atoms with Crippen LogP contribution in [0, 0.1) is 20.2 Å². The van der Waals surface area contributed by atoms with Gasteiger partial charge in [0.05, 0.1) is 9.85 Å². The minimum absolute atomic E-state index is 0.126. The van der Waals surface area contributed by atoms with Gasteiger partial charge in [0, 0.05) is 52.3 Å². The SMILES string of the molecule is Nc1cc([N+](=O)[O-])cc2c1-c1ccc([N+](=O)[O-])cc1C21N=NC(=S)N1c1ccccc1. The number of rotatable bonds is 3. The highest BCUT2D eigenvalue weighted by Gasteiger charge is 2.55. The first kappa shape index (κ1) is 18.8. The van der Waals surface area contributed by atoms with Crippen molar-refractivity contribution in [1.29, 1.82) is 0 Å². The molecular weight excluding hydrogens is 420 g/mol. The van der Waals surface area contributed by atoms with Crippen molar-refractivity contribution in [2.45, 2.75) is 5.66 Å². The van der Waals surface area contributed by atoms with Gasteiger partial charge in [-0.15, -0.1) is 10.2 Å². The van der Waals surface area contributed by atoms with Gasteiger partial charge in [-0.25, -0.2) is 0 Å². The number of thiocarbonyl (C=S) groups is 1. The number of nitro groups is 2. The molecule has 1 unspecified atom stereocenters. The van der Waals surface area contributed by atoms with Crippen molar-refractivity contribution in [1.82, 2.24) is 0 Å². The highest BCUT2D eigenvalue weighted by atomic mass is 32.1. The fraction of sp³-hybridized carbons (Fsp3) is 0.0500. The molecule has 0 saturated carbocycles. The molecule has 3 aromatic carbocycles. The van der Waals surface area contributed by atoms with Crippen LogP contribution in [0.5, 0.6) is 0 Å². The first-order valence-electron chi connectivity index (χ1n) is 9.04. The molecule has 0 radical (unpaired) electrons. The summed E-state index contributed by atoms with van der Waals surface area (Å²) in [5, 5.41) is 31.7. The topological polar surface area (TPSA) is 140 Å². The summed E-state index contributed by atoms with van der Waals surface area (Å²) in [4.78, 5) is 23.6. The van der Waals surface area contributed by atoms with Crippen molar-refractivity contribution in [3.8, 4) is 11.1 Å². The second-order valence-corrected chi connectivity index (χ2v) is 7.39. The number of non-ortho nitro benzene ring substituents is 2. The van der Waals surface area contributed by atoms with Crippen molar-refractivity contribution in [2.24, 2.45) is 10.2 Å². The third-order valence-corrected chi connectivity index (χ3v) is 5.67. The van der Waals surface area contributed by atoms with Crippen LogP contribution in [0.4, 0.5) is 22.7 Å². The lowest BCUT2D eigenvalue weighted by molar-refractivity contribution is -0.385. The largest absolute Gasteiger partial charge is 0.398 e. The number of para-hydroxylation sites is 1. The Kier molecular flexibility index (Phi) is 3.86. The number of nitrogens with zero attached hydrogens (tertiary/aromatic N) is 5. The minimum atomic E-state index is -1.45. The second-order valence-electron chi connectivity index (χ2n) is 7.03. The molecule has 11 heteroatoms. The van der Waals surface area contributed by atoms with Gasteiger partial charge in [-0.3, -0.25) is 25.1 Å². The molecule has 0 amide bonds. The fourth-order valence-electron chi connectivity index (χ4n) is 4.19. The third kappa shape index (κ3) is 2.47. The van der Waals surface area contributed by atoms with Crippen LogP contribution in [-0.2, 0) is 5.66 Å². The van der Waals surface area contributed by atoms with Crippen LogP contribution >= 0.6 is 12.2 Å². The van der Waals surface area contributed by atoms with Crippen molar-refractivity contribution in [2.75, 3.05) is 10.6 Å². The highest BCUT2D eigenvalue weighted by Crippen LogP contribution is 2.58. The van der Waals surface area contributed by atoms with E-state index in [1.165, 1.54) is 24.3 Å². The molecule has 0 aromatic heterocycles. The van der Waals surface area contributed by atoms with E-state index in [9.17, 15) is 20.2 Å². The molecule has 152 valence electrons. The van der Waals surface area contributed by atoms with Gasteiger partial charge in [0.25, 0.3) is 11.4 Å². The van der Waals surface area contributed by atoms with Gasteiger partial charge in [0.15, 0.2) is 0 Å². The monoisotopic (exact) mass is 432 g/mol. The van der Waals surface area contributed by atoms with E-state index in [-0.39, 0.29) is 22.2 Å². The molecule has 1 aliphatic heterocycles. The Labute approximate surface area is 179 Å². The number of hydrogen-bond acceptors (Lipinski definition) is 7. The smallest absolute Gasteiger partial charge is 0.271 e. The van der Waals surface area contributed by atoms with E-state index in [2.05, 4.69) is 10.2 Å². The van der Waals surface area contributed by atoms with Crippen LogP contribution in [-0.4, -0.2) is 15.0 Å². The van der Waals surface area contributed by atoms with E-state index < -0.39 is 15.5 Å². The van der Waals surface area contributed by atoms with Crippen molar-refractivity contribution < 1.29 is 9.85 Å². The average Bonchev–Trinajstić information content (AvgIpc) is 3.24. The lowest BCUT2D eigenvalue weighted by Gasteiger charge is -2.34. The summed E-state index contributed by atoms with van der Waals surface area (Å²) in [6, 6.07) is 16.0. The summed E-state index contributed by atoms with van der Waals surface area (Å²) in [5.41, 5.74) is 7.12. The standard InChI is InChI=1S/C20H12N6O4S/c21-17-10-13(26(29)30)9-16-18(17)14-7-6-12(25(27)28)8-15(14)20(16)23-22-19(31)24(20)11-4-2-1-3-5-11/h1-10H,21H2. The molecule has 10 nitrogen and oxygen atoms in total. The lowest BCUT2D eigenvalue weighted by Crippen LogP contribution is -2.43. The Morgan fingerprint density at radius 3 is 2.29 bits per heavy atom. The van der Waals surface area contributed by atoms with E-state index in [1.807, 2.05) is 6.07 Å². The molecule has 0 bridgehead atoms. The van der Waals surface area contributed by atoms with Gasteiger partial charge < -0.3 is 5.73 Å². The predicted octanol–water partition coefficient (Wildman–Crippen LogP) is 4.52. The Bertz CT molecular complexity index is 1340. The van der Waals surface area contributed by atoms with Gasteiger partial charge in [-0.1, -0.05) is 18.2 Å². The summed E-state index contributed by atoms with van der Waals surface area (Å²) in [6.07, 6.45) is 0. The van der Waals surface area contributed by atoms with E-state index in [0.717, 1.165) is 0 Å². The molecular formula is C20H12N6O4S. The predicted molar refractivity (Wildman–Crippen MR) is 117 cm³/mol. The fourth-order valence-corrected chi connectivity index (χ4v) is 4.47. The maximum atomic E-state index is 11.6. The number of nitrogens with two attached hydrogens (primary N) is 1. The quantitative estimate of drug-likeness (QED) is 0.277. The zero-order valence-corrected chi connectivity index (χ0v) is 16.4.